The SMILES string of the molecule is c1ccc(-c2ccc(-c3cc(-c4ccc(C5(c6ccc7oc8ccccc8c7c6)c6ccccc6-c6ccccc65)cc4)nc(-c4ccccc4)n3)cc2)cc1. The number of rotatable bonds is 6. The van der Waals surface area contributed by atoms with Gasteiger partial charge in [-0.25, -0.2) is 9.97 Å². The number of benzene rings is 8. The Morgan fingerprint density at radius 2 is 0.821 bits per heavy atom. The lowest BCUT2D eigenvalue weighted by molar-refractivity contribution is 0.668. The van der Waals surface area contributed by atoms with Crippen LogP contribution in [0.5, 0.6) is 0 Å². The molecule has 3 nitrogen and oxygen atoms in total. The van der Waals surface area contributed by atoms with Crippen LogP contribution >= 0.6 is 0 Å². The van der Waals surface area contributed by atoms with E-state index in [4.69, 9.17) is 14.4 Å². The number of nitrogens with zero attached hydrogens (tertiary/aromatic N) is 2. The minimum absolute atomic E-state index is 0.551. The molecule has 262 valence electrons. The first-order valence-corrected chi connectivity index (χ1v) is 19.1. The van der Waals surface area contributed by atoms with Gasteiger partial charge in [0.15, 0.2) is 5.82 Å². The third-order valence-corrected chi connectivity index (χ3v) is 11.4. The average molecular weight is 715 g/mol. The van der Waals surface area contributed by atoms with Crippen LogP contribution in [-0.2, 0) is 5.41 Å². The molecule has 0 unspecified atom stereocenters. The van der Waals surface area contributed by atoms with E-state index < -0.39 is 5.41 Å². The predicted molar refractivity (Wildman–Crippen MR) is 228 cm³/mol. The van der Waals surface area contributed by atoms with E-state index in [9.17, 15) is 0 Å². The van der Waals surface area contributed by atoms with E-state index in [1.807, 2.05) is 36.4 Å². The topological polar surface area (TPSA) is 38.9 Å². The second kappa shape index (κ2) is 12.9. The quantitative estimate of drug-likeness (QED) is 0.172. The second-order valence-corrected chi connectivity index (χ2v) is 14.5. The summed E-state index contributed by atoms with van der Waals surface area (Å²) in [6.45, 7) is 0. The number of furan rings is 1. The van der Waals surface area contributed by atoms with E-state index in [-0.39, 0.29) is 0 Å². The van der Waals surface area contributed by atoms with Crippen LogP contribution in [0.15, 0.2) is 211 Å². The molecule has 10 aromatic rings. The molecule has 1 aliphatic carbocycles. The molecule has 0 aliphatic heterocycles. The maximum atomic E-state index is 6.31. The summed E-state index contributed by atoms with van der Waals surface area (Å²) < 4.78 is 6.31. The van der Waals surface area contributed by atoms with Gasteiger partial charge < -0.3 is 4.42 Å². The Balaban J connectivity index is 1.08. The predicted octanol–water partition coefficient (Wildman–Crippen LogP) is 13.4. The molecule has 0 radical (unpaired) electrons. The Morgan fingerprint density at radius 1 is 0.339 bits per heavy atom. The summed E-state index contributed by atoms with van der Waals surface area (Å²) in [5.74, 6) is 0.699. The summed E-state index contributed by atoms with van der Waals surface area (Å²) in [5, 5.41) is 2.24. The Hall–Kier alpha value is -7.36. The zero-order valence-electron chi connectivity index (χ0n) is 30.4. The lowest BCUT2D eigenvalue weighted by Crippen LogP contribution is -2.28. The lowest BCUT2D eigenvalue weighted by atomic mass is 9.67. The number of hydrogen-bond acceptors (Lipinski definition) is 3. The molecule has 0 saturated heterocycles. The summed E-state index contributed by atoms with van der Waals surface area (Å²) in [7, 11) is 0. The highest BCUT2D eigenvalue weighted by atomic mass is 16.3. The van der Waals surface area contributed by atoms with Crippen molar-refractivity contribution >= 4 is 21.9 Å². The summed E-state index contributed by atoms with van der Waals surface area (Å²) in [6, 6.07) is 73.3. The highest BCUT2D eigenvalue weighted by Gasteiger charge is 2.46. The lowest BCUT2D eigenvalue weighted by Gasteiger charge is -2.34. The summed E-state index contributed by atoms with van der Waals surface area (Å²) in [5.41, 5.74) is 15.9. The van der Waals surface area contributed by atoms with Gasteiger partial charge in [-0.2, -0.15) is 0 Å². The molecule has 0 N–H and O–H groups in total. The zero-order valence-corrected chi connectivity index (χ0v) is 30.4. The Bertz CT molecular complexity index is 3010. The van der Waals surface area contributed by atoms with Crippen LogP contribution in [-0.4, -0.2) is 9.97 Å². The van der Waals surface area contributed by atoms with E-state index >= 15 is 0 Å². The molecule has 56 heavy (non-hydrogen) atoms. The maximum Gasteiger partial charge on any atom is 0.160 e. The number of aromatic nitrogens is 2. The van der Waals surface area contributed by atoms with E-state index in [2.05, 4.69) is 170 Å². The van der Waals surface area contributed by atoms with Crippen molar-refractivity contribution in [1.82, 2.24) is 9.97 Å². The Kier molecular flexibility index (Phi) is 7.39. The van der Waals surface area contributed by atoms with Gasteiger partial charge in [0.25, 0.3) is 0 Å². The molecule has 0 atom stereocenters. The zero-order chi connectivity index (χ0) is 37.1. The highest BCUT2D eigenvalue weighted by Crippen LogP contribution is 2.56. The normalized spacial score (nSPS) is 12.8. The maximum absolute atomic E-state index is 6.31. The molecular weight excluding hydrogens is 681 g/mol. The van der Waals surface area contributed by atoms with Gasteiger partial charge in [-0.1, -0.05) is 182 Å². The fourth-order valence-corrected chi connectivity index (χ4v) is 8.80. The highest BCUT2D eigenvalue weighted by molar-refractivity contribution is 6.05. The van der Waals surface area contributed by atoms with Crippen molar-refractivity contribution in [2.24, 2.45) is 0 Å². The van der Waals surface area contributed by atoms with Gasteiger partial charge in [0.05, 0.1) is 16.8 Å². The molecule has 0 amide bonds. The molecule has 0 bridgehead atoms. The van der Waals surface area contributed by atoms with Gasteiger partial charge >= 0.3 is 0 Å². The van der Waals surface area contributed by atoms with Crippen LogP contribution in [0, 0.1) is 0 Å². The van der Waals surface area contributed by atoms with Crippen LogP contribution in [0.25, 0.3) is 78.1 Å². The second-order valence-electron chi connectivity index (χ2n) is 14.5. The van der Waals surface area contributed by atoms with E-state index in [0.717, 1.165) is 50.0 Å². The number of hydrogen-bond donors (Lipinski definition) is 0. The molecule has 0 spiro atoms. The van der Waals surface area contributed by atoms with E-state index in [1.165, 1.54) is 44.5 Å². The van der Waals surface area contributed by atoms with Crippen LogP contribution in [0.1, 0.15) is 22.3 Å². The van der Waals surface area contributed by atoms with Gasteiger partial charge in [0, 0.05) is 27.5 Å². The van der Waals surface area contributed by atoms with Crippen LogP contribution in [0.3, 0.4) is 0 Å². The average Bonchev–Trinajstić information content (AvgIpc) is 3.81. The number of fused-ring (bicyclic) bond motifs is 6. The largest absolute Gasteiger partial charge is 0.456 e. The number of para-hydroxylation sites is 1. The molecule has 2 aromatic heterocycles. The molecule has 2 heterocycles. The summed E-state index contributed by atoms with van der Waals surface area (Å²) in [4.78, 5) is 10.3. The molecule has 1 aliphatic rings. The molecule has 0 fully saturated rings. The first kappa shape index (κ1) is 32.1. The molecular formula is C53H34N2O. The Morgan fingerprint density at radius 3 is 1.48 bits per heavy atom. The fourth-order valence-electron chi connectivity index (χ4n) is 8.80. The standard InChI is InChI=1S/C53H34N2O/c1-3-13-35(14-4-1)36-23-25-37(26-24-36)48-34-49(55-52(54-48)39-15-5-2-6-16-39)38-27-29-40(30-28-38)53(46-20-10-7-17-42(46)43-18-8-11-21-47(43)53)41-31-32-51-45(33-41)44-19-9-12-22-50(44)56-51/h1-34H. The van der Waals surface area contributed by atoms with Crippen LogP contribution in [0.4, 0.5) is 0 Å². The van der Waals surface area contributed by atoms with Crippen molar-refractivity contribution in [3.8, 4) is 56.2 Å². The van der Waals surface area contributed by atoms with E-state index in [1.54, 1.807) is 0 Å². The van der Waals surface area contributed by atoms with Gasteiger partial charge in [-0.3, -0.25) is 0 Å². The van der Waals surface area contributed by atoms with Crippen molar-refractivity contribution in [1.29, 1.82) is 0 Å². The van der Waals surface area contributed by atoms with Crippen molar-refractivity contribution in [3.05, 3.63) is 229 Å². The van der Waals surface area contributed by atoms with E-state index in [0.29, 0.717) is 5.82 Å². The molecule has 0 saturated carbocycles. The van der Waals surface area contributed by atoms with Crippen LogP contribution in [0.2, 0.25) is 0 Å². The smallest absolute Gasteiger partial charge is 0.160 e. The summed E-state index contributed by atoms with van der Waals surface area (Å²) in [6.07, 6.45) is 0. The van der Waals surface area contributed by atoms with Gasteiger partial charge in [0.1, 0.15) is 11.2 Å². The molecule has 11 rings (SSSR count). The molecule has 8 aromatic carbocycles. The van der Waals surface area contributed by atoms with Crippen molar-refractivity contribution in [2.75, 3.05) is 0 Å². The van der Waals surface area contributed by atoms with Crippen LogP contribution < -0.4 is 0 Å². The first-order valence-electron chi connectivity index (χ1n) is 19.1. The van der Waals surface area contributed by atoms with Gasteiger partial charge in [0.2, 0.25) is 0 Å². The van der Waals surface area contributed by atoms with Crippen molar-refractivity contribution in [2.45, 2.75) is 5.41 Å². The van der Waals surface area contributed by atoms with Gasteiger partial charge in [-0.05, 0) is 68.8 Å². The fraction of sp³-hybridized carbons (Fsp3) is 0.0189. The van der Waals surface area contributed by atoms with Gasteiger partial charge in [-0.15, -0.1) is 0 Å². The third kappa shape index (κ3) is 5.05. The third-order valence-electron chi connectivity index (χ3n) is 11.4. The first-order chi connectivity index (χ1) is 27.7. The van der Waals surface area contributed by atoms with Crippen molar-refractivity contribution in [3.63, 3.8) is 0 Å². The molecule has 3 heteroatoms. The van der Waals surface area contributed by atoms with Crippen molar-refractivity contribution < 1.29 is 4.42 Å². The monoisotopic (exact) mass is 714 g/mol. The Labute approximate surface area is 325 Å². The minimum Gasteiger partial charge on any atom is -0.456 e. The summed E-state index contributed by atoms with van der Waals surface area (Å²) >= 11 is 0. The minimum atomic E-state index is -0.551.